The van der Waals surface area contributed by atoms with Gasteiger partial charge in [-0.2, -0.15) is 0 Å². The molecule has 2 aliphatic rings. The van der Waals surface area contributed by atoms with Crippen molar-refractivity contribution in [3.8, 4) is 5.75 Å². The van der Waals surface area contributed by atoms with Crippen LogP contribution in [0.3, 0.4) is 0 Å². The van der Waals surface area contributed by atoms with Crippen LogP contribution in [0.15, 0.2) is 24.3 Å². The van der Waals surface area contributed by atoms with Gasteiger partial charge in [-0.3, -0.25) is 4.79 Å². The molecule has 1 N–H and O–H groups in total. The molecule has 2 aliphatic heterocycles. The molecule has 2 heterocycles. The maximum Gasteiger partial charge on any atom is 0.226 e. The van der Waals surface area contributed by atoms with E-state index in [-0.39, 0.29) is 17.9 Å². The lowest BCUT2D eigenvalue weighted by Crippen LogP contribution is -2.58. The molecule has 2 fully saturated rings. The summed E-state index contributed by atoms with van der Waals surface area (Å²) in [6, 6.07) is 7.45. The Kier molecular flexibility index (Phi) is 4.13. The summed E-state index contributed by atoms with van der Waals surface area (Å²) in [7, 11) is 0. The first-order chi connectivity index (χ1) is 9.74. The van der Waals surface area contributed by atoms with Crippen molar-refractivity contribution in [2.45, 2.75) is 18.9 Å². The van der Waals surface area contributed by atoms with E-state index in [9.17, 15) is 4.79 Å². The fourth-order valence-corrected chi connectivity index (χ4v) is 2.92. The van der Waals surface area contributed by atoms with Crippen molar-refractivity contribution < 1.29 is 9.53 Å². The Morgan fingerprint density at radius 2 is 1.95 bits per heavy atom. The molecule has 5 heteroatoms. The Balaban J connectivity index is 1.49. The molecule has 0 saturated carbocycles. The Bertz CT molecular complexity index is 483. The van der Waals surface area contributed by atoms with Gasteiger partial charge in [0.2, 0.25) is 5.91 Å². The molecule has 0 radical (unpaired) electrons. The molecule has 20 heavy (non-hydrogen) atoms. The number of carbonyl (C=O) groups is 1. The molecule has 3 rings (SSSR count). The fourth-order valence-electron chi connectivity index (χ4n) is 2.74. The van der Waals surface area contributed by atoms with Gasteiger partial charge in [-0.05, 0) is 38.1 Å². The maximum absolute atomic E-state index is 12.3. The van der Waals surface area contributed by atoms with Crippen molar-refractivity contribution >= 4 is 17.5 Å². The Hall–Kier alpha value is -1.26. The molecule has 0 atom stereocenters. The Morgan fingerprint density at radius 3 is 2.65 bits per heavy atom. The number of nitrogens with zero attached hydrogens (tertiary/aromatic N) is 1. The number of carbonyl (C=O) groups excluding carboxylic acids is 1. The number of para-hydroxylation sites is 1. The van der Waals surface area contributed by atoms with E-state index in [0.717, 1.165) is 25.9 Å². The number of halogens is 1. The molecule has 0 unspecified atom stereocenters. The number of hydrogen-bond donors (Lipinski definition) is 1. The van der Waals surface area contributed by atoms with Gasteiger partial charge in [-0.25, -0.2) is 0 Å². The number of ether oxygens (including phenoxy) is 1. The van der Waals surface area contributed by atoms with Crippen LogP contribution in [0.1, 0.15) is 12.8 Å². The molecule has 108 valence electrons. The number of piperidine rings is 1. The highest BCUT2D eigenvalue weighted by molar-refractivity contribution is 6.32. The van der Waals surface area contributed by atoms with Crippen molar-refractivity contribution in [1.29, 1.82) is 0 Å². The summed E-state index contributed by atoms with van der Waals surface area (Å²) in [5, 5.41) is 3.90. The second kappa shape index (κ2) is 6.02. The van der Waals surface area contributed by atoms with E-state index < -0.39 is 0 Å². The first-order valence-electron chi connectivity index (χ1n) is 7.15. The summed E-state index contributed by atoms with van der Waals surface area (Å²) in [6.45, 7) is 3.25. The third-order valence-corrected chi connectivity index (χ3v) is 4.29. The summed E-state index contributed by atoms with van der Waals surface area (Å²) in [5.74, 6) is 1.18. The average molecular weight is 295 g/mol. The lowest BCUT2D eigenvalue weighted by atomic mass is 9.95. The van der Waals surface area contributed by atoms with Crippen LogP contribution in [0.4, 0.5) is 0 Å². The molecule has 0 aromatic heterocycles. The summed E-state index contributed by atoms with van der Waals surface area (Å²) < 4.78 is 5.81. The third kappa shape index (κ3) is 2.91. The minimum absolute atomic E-state index is 0.0700. The van der Waals surface area contributed by atoms with E-state index >= 15 is 0 Å². The van der Waals surface area contributed by atoms with E-state index in [2.05, 4.69) is 5.32 Å². The maximum atomic E-state index is 12.3. The van der Waals surface area contributed by atoms with E-state index in [4.69, 9.17) is 16.3 Å². The van der Waals surface area contributed by atoms with Crippen molar-refractivity contribution in [3.63, 3.8) is 0 Å². The van der Waals surface area contributed by atoms with Gasteiger partial charge >= 0.3 is 0 Å². The lowest BCUT2D eigenvalue weighted by molar-refractivity contribution is -0.145. The van der Waals surface area contributed by atoms with Crippen LogP contribution < -0.4 is 10.1 Å². The monoisotopic (exact) mass is 294 g/mol. The van der Waals surface area contributed by atoms with Crippen LogP contribution >= 0.6 is 11.6 Å². The summed E-state index contributed by atoms with van der Waals surface area (Å²) >= 11 is 6.06. The van der Waals surface area contributed by atoms with E-state index in [0.29, 0.717) is 23.9 Å². The standard InChI is InChI=1S/C15H19ClN2O2/c16-13-3-1-2-4-14(13)20-12-9-18(10-12)15(19)11-5-7-17-8-6-11/h1-4,11-12,17H,5-10H2. The molecule has 2 saturated heterocycles. The second-order valence-corrected chi connectivity index (χ2v) is 5.84. The minimum atomic E-state index is 0.0700. The number of hydrogen-bond acceptors (Lipinski definition) is 3. The molecule has 0 bridgehead atoms. The van der Waals surface area contributed by atoms with Crippen molar-refractivity contribution in [3.05, 3.63) is 29.3 Å². The molecular weight excluding hydrogens is 276 g/mol. The van der Waals surface area contributed by atoms with Gasteiger partial charge in [-0.15, -0.1) is 0 Å². The fraction of sp³-hybridized carbons (Fsp3) is 0.533. The smallest absolute Gasteiger partial charge is 0.226 e. The van der Waals surface area contributed by atoms with Crippen LogP contribution in [-0.2, 0) is 4.79 Å². The zero-order valence-corrected chi connectivity index (χ0v) is 12.1. The second-order valence-electron chi connectivity index (χ2n) is 5.44. The van der Waals surface area contributed by atoms with Gasteiger partial charge in [0.25, 0.3) is 0 Å². The Morgan fingerprint density at radius 1 is 1.25 bits per heavy atom. The molecule has 1 aromatic rings. The largest absolute Gasteiger partial charge is 0.485 e. The SMILES string of the molecule is O=C(C1CCNCC1)N1CC(Oc2ccccc2Cl)C1. The Labute approximate surface area is 124 Å². The van der Waals surface area contributed by atoms with Crippen molar-refractivity contribution in [2.75, 3.05) is 26.2 Å². The van der Waals surface area contributed by atoms with E-state index in [1.54, 1.807) is 0 Å². The molecule has 0 aliphatic carbocycles. The summed E-state index contributed by atoms with van der Waals surface area (Å²) in [6.07, 6.45) is 1.97. The zero-order chi connectivity index (χ0) is 13.9. The van der Waals surface area contributed by atoms with Crippen LogP contribution in [-0.4, -0.2) is 43.1 Å². The quantitative estimate of drug-likeness (QED) is 0.926. The normalized spacial score (nSPS) is 20.6. The van der Waals surface area contributed by atoms with Gasteiger partial charge in [0.05, 0.1) is 18.1 Å². The van der Waals surface area contributed by atoms with Gasteiger partial charge in [-0.1, -0.05) is 23.7 Å². The van der Waals surface area contributed by atoms with Crippen LogP contribution in [0.25, 0.3) is 0 Å². The number of likely N-dealkylation sites (tertiary alicyclic amines) is 1. The number of rotatable bonds is 3. The molecule has 4 nitrogen and oxygen atoms in total. The molecule has 1 amide bonds. The summed E-state index contributed by atoms with van der Waals surface area (Å²) in [5.41, 5.74) is 0. The van der Waals surface area contributed by atoms with Crippen LogP contribution in [0.5, 0.6) is 5.75 Å². The van der Waals surface area contributed by atoms with Crippen molar-refractivity contribution in [2.24, 2.45) is 5.92 Å². The van der Waals surface area contributed by atoms with Gasteiger partial charge in [0, 0.05) is 5.92 Å². The molecular formula is C15H19ClN2O2. The third-order valence-electron chi connectivity index (χ3n) is 3.98. The first-order valence-corrected chi connectivity index (χ1v) is 7.52. The van der Waals surface area contributed by atoms with E-state index in [1.165, 1.54) is 0 Å². The molecule has 0 spiro atoms. The van der Waals surface area contributed by atoms with Gasteiger partial charge in [0.15, 0.2) is 0 Å². The number of amides is 1. The highest BCUT2D eigenvalue weighted by Crippen LogP contribution is 2.27. The number of benzene rings is 1. The highest BCUT2D eigenvalue weighted by atomic mass is 35.5. The van der Waals surface area contributed by atoms with Crippen LogP contribution in [0, 0.1) is 5.92 Å². The predicted molar refractivity (Wildman–Crippen MR) is 78.0 cm³/mol. The van der Waals surface area contributed by atoms with E-state index in [1.807, 2.05) is 29.2 Å². The van der Waals surface area contributed by atoms with Gasteiger partial charge < -0.3 is 15.0 Å². The molecule has 1 aromatic carbocycles. The zero-order valence-electron chi connectivity index (χ0n) is 11.3. The summed E-state index contributed by atoms with van der Waals surface area (Å²) in [4.78, 5) is 14.2. The van der Waals surface area contributed by atoms with Gasteiger partial charge in [0.1, 0.15) is 11.9 Å². The predicted octanol–water partition coefficient (Wildman–Crippen LogP) is 1.93. The topological polar surface area (TPSA) is 41.6 Å². The lowest BCUT2D eigenvalue weighted by Gasteiger charge is -2.41. The average Bonchev–Trinajstić information content (AvgIpc) is 2.44. The van der Waals surface area contributed by atoms with Crippen molar-refractivity contribution in [1.82, 2.24) is 10.2 Å². The highest BCUT2D eigenvalue weighted by Gasteiger charge is 2.36. The first kappa shape index (κ1) is 13.7. The number of nitrogens with one attached hydrogen (secondary N) is 1. The minimum Gasteiger partial charge on any atom is -0.485 e. The van der Waals surface area contributed by atoms with Crippen LogP contribution in [0.2, 0.25) is 5.02 Å².